The van der Waals surface area contributed by atoms with E-state index in [0.717, 1.165) is 22.2 Å². The minimum absolute atomic E-state index is 0.192. The van der Waals surface area contributed by atoms with E-state index in [1.807, 2.05) is 60.1 Å². The Balaban J connectivity index is 1.65. The lowest BCUT2D eigenvalue weighted by molar-refractivity contribution is -0.115. The number of ketones is 1. The number of carbonyl (C=O) groups excluding carboxylic acids is 2. The predicted molar refractivity (Wildman–Crippen MR) is 137 cm³/mol. The summed E-state index contributed by atoms with van der Waals surface area (Å²) in [7, 11) is 4.80. The average Bonchev–Trinajstić information content (AvgIpc) is 3.17. The van der Waals surface area contributed by atoms with Crippen molar-refractivity contribution in [3.63, 3.8) is 0 Å². The molecule has 0 saturated heterocycles. The molecule has 0 saturated carbocycles. The van der Waals surface area contributed by atoms with Crippen LogP contribution >= 0.6 is 11.6 Å². The molecule has 0 spiro atoms. The van der Waals surface area contributed by atoms with Crippen molar-refractivity contribution in [3.05, 3.63) is 77.3 Å². The number of hydrogen-bond donors (Lipinski definition) is 1. The zero-order chi connectivity index (χ0) is 25.1. The molecule has 1 aromatic heterocycles. The van der Waals surface area contributed by atoms with E-state index in [9.17, 15) is 13.8 Å². The quantitative estimate of drug-likeness (QED) is 0.254. The number of aryl methyl sites for hydroxylation is 1. The van der Waals surface area contributed by atoms with Gasteiger partial charge in [-0.3, -0.25) is 13.8 Å². The van der Waals surface area contributed by atoms with Gasteiger partial charge in [0.2, 0.25) is 5.91 Å². The number of aromatic nitrogens is 1. The number of benzene rings is 3. The highest BCUT2D eigenvalue weighted by Gasteiger charge is 2.24. The van der Waals surface area contributed by atoms with Crippen molar-refractivity contribution >= 4 is 51.0 Å². The summed E-state index contributed by atoms with van der Waals surface area (Å²) in [6, 6.07) is 19.5. The molecule has 1 heterocycles. The molecule has 180 valence electrons. The summed E-state index contributed by atoms with van der Waals surface area (Å²) in [5.41, 5.74) is 3.22. The van der Waals surface area contributed by atoms with Crippen LogP contribution in [0.2, 0.25) is 5.02 Å². The van der Waals surface area contributed by atoms with Crippen molar-refractivity contribution in [2.24, 2.45) is 7.05 Å². The molecule has 0 aliphatic carbocycles. The molecule has 4 rings (SSSR count). The Morgan fingerprint density at radius 3 is 2.40 bits per heavy atom. The van der Waals surface area contributed by atoms with Gasteiger partial charge in [0, 0.05) is 18.0 Å². The van der Waals surface area contributed by atoms with Gasteiger partial charge in [0.1, 0.15) is 5.75 Å². The van der Waals surface area contributed by atoms with Gasteiger partial charge in [-0.2, -0.15) is 0 Å². The van der Waals surface area contributed by atoms with Gasteiger partial charge >= 0.3 is 0 Å². The molecule has 1 amide bonds. The summed E-state index contributed by atoms with van der Waals surface area (Å²) in [4.78, 5) is 26.6. The lowest BCUT2D eigenvalue weighted by atomic mass is 9.99. The fourth-order valence-electron chi connectivity index (χ4n) is 3.99. The van der Waals surface area contributed by atoms with E-state index in [4.69, 9.17) is 20.5 Å². The topological polar surface area (TPSA) is 86.6 Å². The van der Waals surface area contributed by atoms with E-state index in [2.05, 4.69) is 5.32 Å². The van der Waals surface area contributed by atoms with Crippen LogP contribution in [0.5, 0.6) is 5.75 Å². The lowest BCUT2D eigenvalue weighted by Gasteiger charge is -2.10. The lowest BCUT2D eigenvalue weighted by Crippen LogP contribution is -2.17. The summed E-state index contributed by atoms with van der Waals surface area (Å²) in [5.74, 6) is -0.124. The first-order chi connectivity index (χ1) is 16.8. The molecule has 7 nitrogen and oxygen atoms in total. The van der Waals surface area contributed by atoms with Gasteiger partial charge in [0.25, 0.3) is 0 Å². The minimum atomic E-state index is -1.65. The summed E-state index contributed by atoms with van der Waals surface area (Å²) in [6.07, 6.45) is -0.376. The molecule has 35 heavy (non-hydrogen) atoms. The molecule has 9 heteroatoms. The molecule has 1 unspecified atom stereocenters. The van der Waals surface area contributed by atoms with E-state index in [0.29, 0.717) is 21.9 Å². The number of hydrogen-bond acceptors (Lipinski definition) is 5. The van der Waals surface area contributed by atoms with Crippen LogP contribution in [0.3, 0.4) is 0 Å². The molecule has 4 aromatic rings. The van der Waals surface area contributed by atoms with Crippen LogP contribution in [-0.4, -0.2) is 34.7 Å². The molecule has 0 aliphatic heterocycles. The van der Waals surface area contributed by atoms with E-state index >= 15 is 0 Å². The molecule has 1 N–H and O–H groups in total. The largest absolute Gasteiger partial charge is 0.497 e. The predicted octanol–water partition coefficient (Wildman–Crippen LogP) is 5.39. The van der Waals surface area contributed by atoms with Crippen LogP contribution in [0.15, 0.2) is 71.6 Å². The molecule has 3 aromatic carbocycles. The number of amides is 1. The monoisotopic (exact) mass is 510 g/mol. The number of nitrogens with zero attached hydrogens (tertiary/aromatic N) is 1. The Morgan fingerprint density at radius 2 is 1.74 bits per heavy atom. The van der Waals surface area contributed by atoms with Crippen LogP contribution < -0.4 is 10.1 Å². The number of ether oxygens (including phenoxy) is 1. The van der Waals surface area contributed by atoms with Gasteiger partial charge < -0.3 is 14.6 Å². The third-order valence-corrected chi connectivity index (χ3v) is 6.88. The minimum Gasteiger partial charge on any atom is -0.497 e. The number of halogens is 1. The van der Waals surface area contributed by atoms with E-state index in [-0.39, 0.29) is 17.2 Å². The first kappa shape index (κ1) is 24.7. The molecular weight excluding hydrogens is 488 g/mol. The van der Waals surface area contributed by atoms with Crippen molar-refractivity contribution in [3.8, 4) is 17.0 Å². The third kappa shape index (κ3) is 5.00. The molecule has 1 atom stereocenters. The second-order valence-electron chi connectivity index (χ2n) is 7.72. The van der Waals surface area contributed by atoms with Gasteiger partial charge in [-0.15, -0.1) is 0 Å². The van der Waals surface area contributed by atoms with Gasteiger partial charge in [-0.05, 0) is 54.1 Å². The highest BCUT2D eigenvalue weighted by atomic mass is 35.5. The van der Waals surface area contributed by atoms with Crippen LogP contribution in [0.1, 0.15) is 16.8 Å². The SMILES string of the molecule is COc1ccc(-c2c(C(=O)CC(=O)Nc3ccc(S(=O)OC)cc3Cl)c3ccccc3n2C)cc1. The third-order valence-electron chi connectivity index (χ3n) is 5.63. The van der Waals surface area contributed by atoms with E-state index in [1.54, 1.807) is 7.11 Å². The van der Waals surface area contributed by atoms with Crippen molar-refractivity contribution < 1.29 is 22.7 Å². The van der Waals surface area contributed by atoms with Gasteiger partial charge in [0.15, 0.2) is 16.9 Å². The number of Topliss-reactive ketones (excluding diaryl/α,β-unsaturated/α-hetero) is 1. The molecule has 0 aliphatic rings. The van der Waals surface area contributed by atoms with Crippen molar-refractivity contribution in [1.29, 1.82) is 0 Å². The van der Waals surface area contributed by atoms with Crippen molar-refractivity contribution in [2.75, 3.05) is 19.5 Å². The number of carbonyl (C=O) groups is 2. The number of fused-ring (bicyclic) bond motifs is 1. The second kappa shape index (κ2) is 10.4. The number of para-hydroxylation sites is 1. The summed E-state index contributed by atoms with van der Waals surface area (Å²) in [6.45, 7) is 0. The molecular formula is C26H23ClN2O5S. The normalized spacial score (nSPS) is 11.9. The Hall–Kier alpha value is -3.46. The molecule has 0 bridgehead atoms. The highest BCUT2D eigenvalue weighted by molar-refractivity contribution is 7.80. The summed E-state index contributed by atoms with van der Waals surface area (Å²) < 4.78 is 23.8. The molecule has 0 radical (unpaired) electrons. The Morgan fingerprint density at radius 1 is 1.03 bits per heavy atom. The Labute approximate surface area is 210 Å². The zero-order valence-electron chi connectivity index (χ0n) is 19.3. The number of rotatable bonds is 8. The van der Waals surface area contributed by atoms with E-state index in [1.165, 1.54) is 25.3 Å². The van der Waals surface area contributed by atoms with Crippen molar-refractivity contribution in [2.45, 2.75) is 11.3 Å². The average molecular weight is 511 g/mol. The smallest absolute Gasteiger partial charge is 0.232 e. The summed E-state index contributed by atoms with van der Waals surface area (Å²) >= 11 is 4.58. The summed E-state index contributed by atoms with van der Waals surface area (Å²) in [5, 5.41) is 3.63. The number of nitrogens with one attached hydrogen (secondary N) is 1. The van der Waals surface area contributed by atoms with Gasteiger partial charge in [-0.25, -0.2) is 4.21 Å². The number of anilines is 1. The number of methoxy groups -OCH3 is 1. The van der Waals surface area contributed by atoms with Crippen LogP contribution in [0.25, 0.3) is 22.2 Å². The fourth-order valence-corrected chi connectivity index (χ4v) is 4.87. The maximum absolute atomic E-state index is 13.5. The molecule has 0 fully saturated rings. The first-order valence-electron chi connectivity index (χ1n) is 10.6. The maximum atomic E-state index is 13.5. The van der Waals surface area contributed by atoms with E-state index < -0.39 is 17.0 Å². The second-order valence-corrected chi connectivity index (χ2v) is 9.40. The van der Waals surface area contributed by atoms with Crippen LogP contribution in [-0.2, 0) is 27.1 Å². The fraction of sp³-hybridized carbons (Fsp3) is 0.154. The standard InChI is InChI=1S/C26H23ClN2O5S/c1-29-22-7-5-4-6-19(22)25(26(29)16-8-10-17(33-2)11-9-16)23(30)15-24(31)28-21-13-12-18(14-20(21)27)35(32)34-3/h4-14H,15H2,1-3H3,(H,28,31). The Kier molecular flexibility index (Phi) is 7.35. The van der Waals surface area contributed by atoms with Crippen LogP contribution in [0.4, 0.5) is 5.69 Å². The van der Waals surface area contributed by atoms with Crippen molar-refractivity contribution in [1.82, 2.24) is 4.57 Å². The zero-order valence-corrected chi connectivity index (χ0v) is 20.9. The first-order valence-corrected chi connectivity index (χ1v) is 12.1. The van der Waals surface area contributed by atoms with Crippen LogP contribution in [0, 0.1) is 0 Å². The van der Waals surface area contributed by atoms with Gasteiger partial charge in [0.05, 0.1) is 47.5 Å². The Bertz CT molecular complexity index is 1450. The maximum Gasteiger partial charge on any atom is 0.232 e. The van der Waals surface area contributed by atoms with Gasteiger partial charge in [-0.1, -0.05) is 29.8 Å². The highest BCUT2D eigenvalue weighted by Crippen LogP contribution is 2.35.